The van der Waals surface area contributed by atoms with Gasteiger partial charge in [-0.15, -0.1) is 0 Å². The molecule has 1 saturated heterocycles. The normalized spacial score (nSPS) is 19.4. The maximum atomic E-state index is 11.2. The summed E-state index contributed by atoms with van der Waals surface area (Å²) in [5, 5.41) is 18.7. The van der Waals surface area contributed by atoms with Gasteiger partial charge in [0.05, 0.1) is 4.92 Å². The molecule has 0 amide bonds. The number of nitro groups is 1. The van der Waals surface area contributed by atoms with Crippen molar-refractivity contribution in [2.75, 3.05) is 31.5 Å². The number of aromatic nitrogens is 2. The van der Waals surface area contributed by atoms with Crippen LogP contribution in [0.2, 0.25) is 0 Å². The van der Waals surface area contributed by atoms with Gasteiger partial charge in [-0.25, -0.2) is 4.68 Å². The van der Waals surface area contributed by atoms with E-state index in [1.54, 1.807) is 11.7 Å². The fourth-order valence-corrected chi connectivity index (χ4v) is 2.80. The Morgan fingerprint density at radius 2 is 2.25 bits per heavy atom. The summed E-state index contributed by atoms with van der Waals surface area (Å²) in [6, 6.07) is 0. The topological polar surface area (TPSA) is 76.2 Å². The van der Waals surface area contributed by atoms with E-state index in [2.05, 4.69) is 22.2 Å². The van der Waals surface area contributed by atoms with Gasteiger partial charge in [-0.2, -0.15) is 5.10 Å². The molecule has 1 unspecified atom stereocenters. The van der Waals surface area contributed by atoms with E-state index in [4.69, 9.17) is 0 Å². The van der Waals surface area contributed by atoms with Gasteiger partial charge in [0.25, 0.3) is 0 Å². The molecule has 7 heteroatoms. The molecule has 0 saturated carbocycles. The Kier molecular flexibility index (Phi) is 4.59. The molecule has 1 aliphatic rings. The molecule has 1 N–H and O–H groups in total. The highest BCUT2D eigenvalue weighted by Crippen LogP contribution is 2.29. The van der Waals surface area contributed by atoms with E-state index in [1.807, 2.05) is 6.92 Å². The Bertz CT molecular complexity index is 485. The van der Waals surface area contributed by atoms with Crippen LogP contribution in [-0.4, -0.2) is 45.8 Å². The van der Waals surface area contributed by atoms with Crippen molar-refractivity contribution in [3.05, 3.63) is 15.8 Å². The van der Waals surface area contributed by atoms with Crippen molar-refractivity contribution in [3.63, 3.8) is 0 Å². The van der Waals surface area contributed by atoms with Crippen molar-refractivity contribution in [2.24, 2.45) is 13.0 Å². The first-order valence-electron chi connectivity index (χ1n) is 7.23. The molecule has 0 spiro atoms. The van der Waals surface area contributed by atoms with Gasteiger partial charge in [0.2, 0.25) is 5.82 Å². The van der Waals surface area contributed by atoms with Crippen molar-refractivity contribution in [1.82, 2.24) is 14.7 Å². The summed E-state index contributed by atoms with van der Waals surface area (Å²) in [4.78, 5) is 13.3. The molecular formula is C13H23N5O2. The van der Waals surface area contributed by atoms with Gasteiger partial charge in [0, 0.05) is 20.1 Å². The van der Waals surface area contributed by atoms with Crippen molar-refractivity contribution in [3.8, 4) is 0 Å². The fraction of sp³-hybridized carbons (Fsp3) is 0.769. The third-order valence-corrected chi connectivity index (χ3v) is 3.98. The predicted molar refractivity (Wildman–Crippen MR) is 78.0 cm³/mol. The summed E-state index contributed by atoms with van der Waals surface area (Å²) in [7, 11) is 1.75. The number of anilines is 1. The Morgan fingerprint density at radius 1 is 1.50 bits per heavy atom. The van der Waals surface area contributed by atoms with E-state index < -0.39 is 0 Å². The Hall–Kier alpha value is -1.63. The second kappa shape index (κ2) is 6.21. The lowest BCUT2D eigenvalue weighted by molar-refractivity contribution is -0.384. The fourth-order valence-electron chi connectivity index (χ4n) is 2.80. The summed E-state index contributed by atoms with van der Waals surface area (Å²) < 4.78 is 1.59. The van der Waals surface area contributed by atoms with Crippen LogP contribution in [0.5, 0.6) is 0 Å². The minimum absolute atomic E-state index is 0.125. The van der Waals surface area contributed by atoms with Gasteiger partial charge in [0.15, 0.2) is 0 Å². The van der Waals surface area contributed by atoms with Gasteiger partial charge in [-0.1, -0.05) is 13.8 Å². The van der Waals surface area contributed by atoms with Crippen LogP contribution in [0.15, 0.2) is 0 Å². The lowest BCUT2D eigenvalue weighted by atomic mass is 10.1. The first kappa shape index (κ1) is 14.8. The number of nitrogens with one attached hydrogen (secondary N) is 1. The standard InChI is InChI=1S/C13H23N5O2/c1-4-11-12(18(19)20)13(16(3)15-11)14-8-10-6-7-17(5-2)9-10/h10,14H,4-9H2,1-3H3. The average molecular weight is 281 g/mol. The van der Waals surface area contributed by atoms with Gasteiger partial charge >= 0.3 is 5.69 Å². The van der Waals surface area contributed by atoms with E-state index in [9.17, 15) is 10.1 Å². The average Bonchev–Trinajstić information content (AvgIpc) is 3.00. The van der Waals surface area contributed by atoms with Crippen LogP contribution in [-0.2, 0) is 13.5 Å². The van der Waals surface area contributed by atoms with Crippen LogP contribution >= 0.6 is 0 Å². The minimum atomic E-state index is -0.332. The van der Waals surface area contributed by atoms with Crippen molar-refractivity contribution in [1.29, 1.82) is 0 Å². The molecule has 1 atom stereocenters. The van der Waals surface area contributed by atoms with Crippen LogP contribution < -0.4 is 5.32 Å². The lowest BCUT2D eigenvalue weighted by Gasteiger charge is -2.14. The number of hydrogen-bond acceptors (Lipinski definition) is 5. The van der Waals surface area contributed by atoms with Crippen molar-refractivity contribution in [2.45, 2.75) is 26.7 Å². The highest BCUT2D eigenvalue weighted by molar-refractivity contribution is 5.59. The van der Waals surface area contributed by atoms with E-state index >= 15 is 0 Å². The molecule has 2 rings (SSSR count). The monoisotopic (exact) mass is 281 g/mol. The Morgan fingerprint density at radius 3 is 2.80 bits per heavy atom. The summed E-state index contributed by atoms with van der Waals surface area (Å²) in [5.74, 6) is 1.08. The highest BCUT2D eigenvalue weighted by Gasteiger charge is 2.27. The second-order valence-corrected chi connectivity index (χ2v) is 5.31. The summed E-state index contributed by atoms with van der Waals surface area (Å²) in [6.45, 7) is 8.07. The lowest BCUT2D eigenvalue weighted by Crippen LogP contribution is -2.23. The summed E-state index contributed by atoms with van der Waals surface area (Å²) in [5.41, 5.74) is 0.668. The van der Waals surface area contributed by atoms with Crippen LogP contribution in [0.1, 0.15) is 26.0 Å². The first-order valence-corrected chi connectivity index (χ1v) is 7.23. The molecule has 0 aliphatic carbocycles. The summed E-state index contributed by atoms with van der Waals surface area (Å²) in [6.07, 6.45) is 1.71. The number of aryl methyl sites for hydroxylation is 2. The second-order valence-electron chi connectivity index (χ2n) is 5.31. The van der Waals surface area contributed by atoms with E-state index in [1.165, 1.54) is 0 Å². The van der Waals surface area contributed by atoms with Gasteiger partial charge in [0.1, 0.15) is 5.69 Å². The Balaban J connectivity index is 2.06. The number of nitrogens with zero attached hydrogens (tertiary/aromatic N) is 4. The molecule has 1 aromatic rings. The third-order valence-electron chi connectivity index (χ3n) is 3.98. The number of rotatable bonds is 6. The molecule has 112 valence electrons. The first-order chi connectivity index (χ1) is 9.56. The molecule has 1 aliphatic heterocycles. The molecule has 0 aromatic carbocycles. The van der Waals surface area contributed by atoms with Crippen molar-refractivity contribution >= 4 is 11.5 Å². The number of hydrogen-bond donors (Lipinski definition) is 1. The minimum Gasteiger partial charge on any atom is -0.364 e. The van der Waals surface area contributed by atoms with Crippen molar-refractivity contribution < 1.29 is 4.92 Å². The van der Waals surface area contributed by atoms with Crippen LogP contribution in [0, 0.1) is 16.0 Å². The largest absolute Gasteiger partial charge is 0.364 e. The molecule has 1 fully saturated rings. The number of likely N-dealkylation sites (tertiary alicyclic amines) is 1. The zero-order chi connectivity index (χ0) is 14.7. The molecule has 2 heterocycles. The SMILES string of the molecule is CCc1nn(C)c(NCC2CCN(CC)C2)c1[N+](=O)[O-]. The van der Waals surface area contributed by atoms with E-state index in [0.29, 0.717) is 23.9 Å². The summed E-state index contributed by atoms with van der Waals surface area (Å²) >= 11 is 0. The molecular weight excluding hydrogens is 258 g/mol. The van der Waals surface area contributed by atoms with E-state index in [0.717, 1.165) is 32.6 Å². The molecule has 20 heavy (non-hydrogen) atoms. The molecule has 7 nitrogen and oxygen atoms in total. The zero-order valence-electron chi connectivity index (χ0n) is 12.4. The van der Waals surface area contributed by atoms with E-state index in [-0.39, 0.29) is 10.6 Å². The van der Waals surface area contributed by atoms with Crippen LogP contribution in [0.25, 0.3) is 0 Å². The third kappa shape index (κ3) is 2.92. The molecule has 0 radical (unpaired) electrons. The zero-order valence-corrected chi connectivity index (χ0v) is 12.4. The maximum Gasteiger partial charge on any atom is 0.333 e. The Labute approximate surface area is 119 Å². The van der Waals surface area contributed by atoms with Gasteiger partial charge in [-0.05, 0) is 31.8 Å². The predicted octanol–water partition coefficient (Wildman–Crippen LogP) is 1.64. The smallest absolute Gasteiger partial charge is 0.333 e. The van der Waals surface area contributed by atoms with Gasteiger partial charge < -0.3 is 10.2 Å². The quantitative estimate of drug-likeness (QED) is 0.633. The molecule has 1 aromatic heterocycles. The van der Waals surface area contributed by atoms with Gasteiger partial charge in [-0.3, -0.25) is 10.1 Å². The molecule has 0 bridgehead atoms. The highest BCUT2D eigenvalue weighted by atomic mass is 16.6. The van der Waals surface area contributed by atoms with Crippen LogP contribution in [0.4, 0.5) is 11.5 Å². The van der Waals surface area contributed by atoms with Crippen LogP contribution in [0.3, 0.4) is 0 Å². The maximum absolute atomic E-state index is 11.2.